The molecule has 3 nitrogen and oxygen atoms in total. The number of hydrogen-bond donors (Lipinski definition) is 1. The molecule has 62 valence electrons. The minimum Gasteiger partial charge on any atom is -0.466 e. The highest BCUT2D eigenvalue weighted by Gasteiger charge is 2.25. The van der Waals surface area contributed by atoms with Gasteiger partial charge in [-0.05, 0) is 6.92 Å². The first-order valence-electron chi connectivity index (χ1n) is 3.35. The third-order valence-electron chi connectivity index (χ3n) is 1.70. The lowest BCUT2D eigenvalue weighted by Crippen LogP contribution is -2.13. The Kier molecular flexibility index (Phi) is 2.44. The van der Waals surface area contributed by atoms with Crippen LogP contribution in [0.25, 0.3) is 0 Å². The van der Waals surface area contributed by atoms with E-state index in [0.717, 1.165) is 0 Å². The van der Waals surface area contributed by atoms with Crippen LogP contribution in [-0.2, 0) is 9.53 Å². The Morgan fingerprint density at radius 1 is 1.82 bits per heavy atom. The van der Waals surface area contributed by atoms with Gasteiger partial charge >= 0.3 is 5.97 Å². The number of carbonyl (C=O) groups is 1. The number of methoxy groups -OCH3 is 1. The summed E-state index contributed by atoms with van der Waals surface area (Å²) < 4.78 is 4.56. The van der Waals surface area contributed by atoms with Gasteiger partial charge in [0.1, 0.15) is 0 Å². The summed E-state index contributed by atoms with van der Waals surface area (Å²) in [5, 5.41) is 0.254. The topological polar surface area (TPSA) is 52.3 Å². The fourth-order valence-corrected chi connectivity index (χ4v) is 1.95. The number of thioether (sulfide) groups is 1. The van der Waals surface area contributed by atoms with Gasteiger partial charge in [-0.1, -0.05) is 0 Å². The van der Waals surface area contributed by atoms with Crippen molar-refractivity contribution in [2.45, 2.75) is 12.2 Å². The molecule has 0 spiro atoms. The number of carbonyl (C=O) groups excluding carboxylic acids is 1. The zero-order chi connectivity index (χ0) is 8.43. The third kappa shape index (κ3) is 1.50. The summed E-state index contributed by atoms with van der Waals surface area (Å²) in [6.45, 7) is 1.98. The van der Waals surface area contributed by atoms with Crippen LogP contribution in [0.15, 0.2) is 11.3 Å². The van der Waals surface area contributed by atoms with E-state index < -0.39 is 0 Å². The monoisotopic (exact) mass is 173 g/mol. The summed E-state index contributed by atoms with van der Waals surface area (Å²) in [6.07, 6.45) is 0. The lowest BCUT2D eigenvalue weighted by atomic mass is 10.2. The van der Waals surface area contributed by atoms with Gasteiger partial charge in [0.2, 0.25) is 0 Å². The van der Waals surface area contributed by atoms with Crippen LogP contribution in [-0.4, -0.2) is 24.1 Å². The van der Waals surface area contributed by atoms with Crippen LogP contribution >= 0.6 is 11.8 Å². The minimum absolute atomic E-state index is 0.254. The van der Waals surface area contributed by atoms with E-state index >= 15 is 0 Å². The molecular weight excluding hydrogens is 162 g/mol. The summed E-state index contributed by atoms with van der Waals surface area (Å²) in [4.78, 5) is 11.0. The molecule has 1 atom stereocenters. The van der Waals surface area contributed by atoms with E-state index in [1.165, 1.54) is 7.11 Å². The van der Waals surface area contributed by atoms with E-state index in [9.17, 15) is 4.79 Å². The molecular formula is C7H11NO2S. The van der Waals surface area contributed by atoms with Crippen LogP contribution in [0.3, 0.4) is 0 Å². The van der Waals surface area contributed by atoms with Gasteiger partial charge in [-0.3, -0.25) is 0 Å². The second kappa shape index (κ2) is 3.17. The van der Waals surface area contributed by atoms with Gasteiger partial charge in [0.15, 0.2) is 0 Å². The maximum Gasteiger partial charge on any atom is 0.336 e. The average molecular weight is 173 g/mol. The predicted molar refractivity (Wildman–Crippen MR) is 45.1 cm³/mol. The van der Waals surface area contributed by atoms with Crippen molar-refractivity contribution >= 4 is 17.7 Å². The number of hydrogen-bond acceptors (Lipinski definition) is 4. The minimum atomic E-state index is -0.292. The first-order chi connectivity index (χ1) is 5.16. The van der Waals surface area contributed by atoms with E-state index in [2.05, 4.69) is 4.74 Å². The fraction of sp³-hybridized carbons (Fsp3) is 0.571. The molecule has 0 saturated carbocycles. The van der Waals surface area contributed by atoms with Gasteiger partial charge in [-0.15, -0.1) is 11.8 Å². The SMILES string of the molecule is COC(=O)C1=C(N)[C@H](C)SC1. The number of ether oxygens (including phenoxy) is 1. The summed E-state index contributed by atoms with van der Waals surface area (Å²) >= 11 is 1.66. The van der Waals surface area contributed by atoms with Crippen molar-refractivity contribution in [3.05, 3.63) is 11.3 Å². The van der Waals surface area contributed by atoms with E-state index in [-0.39, 0.29) is 11.2 Å². The maximum atomic E-state index is 11.0. The molecule has 0 bridgehead atoms. The van der Waals surface area contributed by atoms with Crippen LogP contribution in [0.2, 0.25) is 0 Å². The van der Waals surface area contributed by atoms with Crippen molar-refractivity contribution in [1.82, 2.24) is 0 Å². The number of esters is 1. The van der Waals surface area contributed by atoms with Crippen LogP contribution in [0.1, 0.15) is 6.92 Å². The largest absolute Gasteiger partial charge is 0.466 e. The first-order valence-corrected chi connectivity index (χ1v) is 4.40. The summed E-state index contributed by atoms with van der Waals surface area (Å²) in [6, 6.07) is 0. The van der Waals surface area contributed by atoms with E-state index in [1.54, 1.807) is 11.8 Å². The van der Waals surface area contributed by atoms with E-state index in [0.29, 0.717) is 17.0 Å². The molecule has 0 saturated heterocycles. The lowest BCUT2D eigenvalue weighted by Gasteiger charge is -2.01. The standard InChI is InChI=1S/C7H11NO2S/c1-4-6(8)5(3-11-4)7(9)10-2/h4H,3,8H2,1-2H3/t4-/m0/s1. The smallest absolute Gasteiger partial charge is 0.336 e. The predicted octanol–water partition coefficient (Wildman–Crippen LogP) is 0.508. The van der Waals surface area contributed by atoms with E-state index in [1.807, 2.05) is 6.92 Å². The summed E-state index contributed by atoms with van der Waals surface area (Å²) in [7, 11) is 1.37. The van der Waals surface area contributed by atoms with Gasteiger partial charge in [0.25, 0.3) is 0 Å². The summed E-state index contributed by atoms with van der Waals surface area (Å²) in [5.41, 5.74) is 6.95. The zero-order valence-corrected chi connectivity index (χ0v) is 7.40. The molecule has 2 N–H and O–H groups in total. The van der Waals surface area contributed by atoms with Crippen molar-refractivity contribution in [1.29, 1.82) is 0 Å². The first kappa shape index (κ1) is 8.46. The molecule has 1 rings (SSSR count). The van der Waals surface area contributed by atoms with Gasteiger partial charge in [0, 0.05) is 16.7 Å². The van der Waals surface area contributed by atoms with Crippen LogP contribution in [0.4, 0.5) is 0 Å². The van der Waals surface area contributed by atoms with Gasteiger partial charge in [0.05, 0.1) is 12.7 Å². The molecule has 0 radical (unpaired) electrons. The Hall–Kier alpha value is -0.640. The summed E-state index contributed by atoms with van der Waals surface area (Å²) in [5.74, 6) is 0.388. The molecule has 0 amide bonds. The van der Waals surface area contributed by atoms with Gasteiger partial charge < -0.3 is 10.5 Å². The second-order valence-electron chi connectivity index (χ2n) is 2.38. The molecule has 0 aromatic heterocycles. The molecule has 1 aliphatic heterocycles. The lowest BCUT2D eigenvalue weighted by molar-refractivity contribution is -0.136. The van der Waals surface area contributed by atoms with Crippen molar-refractivity contribution in [3.63, 3.8) is 0 Å². The Balaban J connectivity index is 2.79. The molecule has 1 aliphatic rings. The van der Waals surface area contributed by atoms with Crippen LogP contribution in [0, 0.1) is 0 Å². The van der Waals surface area contributed by atoms with E-state index in [4.69, 9.17) is 5.73 Å². The highest BCUT2D eigenvalue weighted by Crippen LogP contribution is 2.29. The van der Waals surface area contributed by atoms with Crippen molar-refractivity contribution < 1.29 is 9.53 Å². The molecule has 1 heterocycles. The molecule has 11 heavy (non-hydrogen) atoms. The molecule has 4 heteroatoms. The normalized spacial score (nSPS) is 24.0. The van der Waals surface area contributed by atoms with Crippen LogP contribution < -0.4 is 5.73 Å². The molecule has 0 aromatic rings. The average Bonchev–Trinajstić information content (AvgIpc) is 2.32. The van der Waals surface area contributed by atoms with Crippen molar-refractivity contribution in [2.24, 2.45) is 5.73 Å². The molecule has 0 aliphatic carbocycles. The Morgan fingerprint density at radius 3 is 2.82 bits per heavy atom. The molecule has 0 aromatic carbocycles. The van der Waals surface area contributed by atoms with Crippen molar-refractivity contribution in [2.75, 3.05) is 12.9 Å². The fourth-order valence-electron chi connectivity index (χ4n) is 0.927. The van der Waals surface area contributed by atoms with Gasteiger partial charge in [-0.25, -0.2) is 4.79 Å². The molecule has 0 unspecified atom stereocenters. The van der Waals surface area contributed by atoms with Gasteiger partial charge in [-0.2, -0.15) is 0 Å². The quantitative estimate of drug-likeness (QED) is 0.587. The Labute approximate surface area is 70.0 Å². The number of rotatable bonds is 1. The molecule has 0 fully saturated rings. The number of nitrogens with two attached hydrogens (primary N) is 1. The second-order valence-corrected chi connectivity index (χ2v) is 3.71. The highest BCUT2D eigenvalue weighted by atomic mass is 32.2. The zero-order valence-electron chi connectivity index (χ0n) is 6.59. The Bertz CT molecular complexity index is 212. The Morgan fingerprint density at radius 2 is 2.45 bits per heavy atom. The third-order valence-corrected chi connectivity index (χ3v) is 2.91. The maximum absolute atomic E-state index is 11.0. The highest BCUT2D eigenvalue weighted by molar-refractivity contribution is 8.00. The van der Waals surface area contributed by atoms with Crippen molar-refractivity contribution in [3.8, 4) is 0 Å². The van der Waals surface area contributed by atoms with Crippen LogP contribution in [0.5, 0.6) is 0 Å².